The molecule has 0 aliphatic rings. The fraction of sp³-hybridized carbons (Fsp3) is 0.667. The van der Waals surface area contributed by atoms with Crippen molar-refractivity contribution in [2.75, 3.05) is 7.11 Å². The molecule has 0 aliphatic heterocycles. The maximum Gasteiger partial charge on any atom is 0.228 e. The second-order valence-corrected chi connectivity index (χ2v) is 3.16. The minimum Gasteiger partial charge on any atom is -0.374 e. The summed E-state index contributed by atoms with van der Waals surface area (Å²) in [5, 5.41) is 12.3. The Balaban J connectivity index is 2.64. The number of rotatable bonds is 4. The average molecular weight is 195 g/mol. The highest BCUT2D eigenvalue weighted by molar-refractivity contribution is 4.93. The van der Waals surface area contributed by atoms with Crippen LogP contribution in [-0.4, -0.2) is 17.3 Å². The van der Waals surface area contributed by atoms with Crippen molar-refractivity contribution < 1.29 is 9.26 Å². The van der Waals surface area contributed by atoms with Gasteiger partial charge >= 0.3 is 0 Å². The maximum absolute atomic E-state index is 8.59. The van der Waals surface area contributed by atoms with Gasteiger partial charge < -0.3 is 9.26 Å². The van der Waals surface area contributed by atoms with Gasteiger partial charge in [0.1, 0.15) is 6.10 Å². The predicted molar refractivity (Wildman–Crippen MR) is 48.2 cm³/mol. The Morgan fingerprint density at radius 3 is 2.86 bits per heavy atom. The Bertz CT molecular complexity index is 329. The van der Waals surface area contributed by atoms with Gasteiger partial charge in [-0.25, -0.2) is 0 Å². The number of methoxy groups -OCH3 is 1. The number of nitrogens with zero attached hydrogens (tertiary/aromatic N) is 3. The van der Waals surface area contributed by atoms with Crippen molar-refractivity contribution in [2.24, 2.45) is 5.92 Å². The summed E-state index contributed by atoms with van der Waals surface area (Å²) in [4.78, 5) is 4.12. The van der Waals surface area contributed by atoms with Crippen LogP contribution >= 0.6 is 0 Å². The van der Waals surface area contributed by atoms with E-state index in [1.807, 2.05) is 13.8 Å². The first-order chi connectivity index (χ1) is 6.67. The van der Waals surface area contributed by atoms with Gasteiger partial charge in [0.05, 0.1) is 12.0 Å². The molecular formula is C9H13N3O2. The van der Waals surface area contributed by atoms with E-state index in [-0.39, 0.29) is 12.0 Å². The molecule has 0 bridgehead atoms. The molecule has 1 aromatic heterocycles. The Morgan fingerprint density at radius 1 is 1.57 bits per heavy atom. The predicted octanol–water partition coefficient (Wildman–Crippen LogP) is 1.48. The molecule has 2 unspecified atom stereocenters. The minimum absolute atomic E-state index is 0.110. The van der Waals surface area contributed by atoms with Crippen LogP contribution in [0.5, 0.6) is 0 Å². The normalized spacial score (nSPS) is 14.7. The average Bonchev–Trinajstić information content (AvgIpc) is 2.65. The fourth-order valence-electron chi connectivity index (χ4n) is 0.929. The van der Waals surface area contributed by atoms with Gasteiger partial charge in [0.2, 0.25) is 5.89 Å². The quantitative estimate of drug-likeness (QED) is 0.727. The molecule has 5 nitrogen and oxygen atoms in total. The summed E-state index contributed by atoms with van der Waals surface area (Å²) in [7, 11) is 1.58. The summed E-state index contributed by atoms with van der Waals surface area (Å²) in [5.41, 5.74) is 0. The lowest BCUT2D eigenvalue weighted by Crippen LogP contribution is -2.00. The Morgan fingerprint density at radius 2 is 2.29 bits per heavy atom. The van der Waals surface area contributed by atoms with Gasteiger partial charge in [-0.05, 0) is 13.8 Å². The third-order valence-electron chi connectivity index (χ3n) is 1.90. The van der Waals surface area contributed by atoms with E-state index in [9.17, 15) is 0 Å². The van der Waals surface area contributed by atoms with Gasteiger partial charge in [0.15, 0.2) is 5.82 Å². The molecule has 0 N–H and O–H groups in total. The van der Waals surface area contributed by atoms with Crippen molar-refractivity contribution in [2.45, 2.75) is 26.4 Å². The molecule has 0 fully saturated rings. The van der Waals surface area contributed by atoms with Crippen LogP contribution in [-0.2, 0) is 11.2 Å². The van der Waals surface area contributed by atoms with E-state index >= 15 is 0 Å². The zero-order valence-corrected chi connectivity index (χ0v) is 8.52. The number of hydrogen-bond acceptors (Lipinski definition) is 5. The van der Waals surface area contributed by atoms with E-state index in [1.165, 1.54) is 0 Å². The minimum atomic E-state index is -0.176. The first-order valence-electron chi connectivity index (χ1n) is 4.42. The molecule has 0 aliphatic carbocycles. The second-order valence-electron chi connectivity index (χ2n) is 3.16. The van der Waals surface area contributed by atoms with E-state index in [2.05, 4.69) is 16.2 Å². The highest BCUT2D eigenvalue weighted by atomic mass is 16.5. The van der Waals surface area contributed by atoms with Crippen LogP contribution in [0.2, 0.25) is 0 Å². The van der Waals surface area contributed by atoms with Gasteiger partial charge in [0.25, 0.3) is 0 Å². The maximum atomic E-state index is 8.59. The van der Waals surface area contributed by atoms with Gasteiger partial charge in [-0.2, -0.15) is 10.2 Å². The number of ether oxygens (including phenoxy) is 1. The lowest BCUT2D eigenvalue weighted by Gasteiger charge is -2.00. The zero-order valence-electron chi connectivity index (χ0n) is 8.52. The van der Waals surface area contributed by atoms with Crippen LogP contribution in [0.4, 0.5) is 0 Å². The van der Waals surface area contributed by atoms with E-state index in [0.29, 0.717) is 18.1 Å². The van der Waals surface area contributed by atoms with E-state index < -0.39 is 0 Å². The molecule has 5 heteroatoms. The standard InChI is InChI=1S/C9H13N3O2/c1-6(5-10)4-8-11-9(12-14-8)7(2)13-3/h6-7H,4H2,1-3H3. The molecule has 0 radical (unpaired) electrons. The summed E-state index contributed by atoms with van der Waals surface area (Å²) in [6.07, 6.45) is 0.310. The van der Waals surface area contributed by atoms with Crippen LogP contribution in [0.15, 0.2) is 4.52 Å². The lowest BCUT2D eigenvalue weighted by atomic mass is 10.1. The van der Waals surface area contributed by atoms with Crippen LogP contribution in [0, 0.1) is 17.2 Å². The van der Waals surface area contributed by atoms with Crippen molar-refractivity contribution >= 4 is 0 Å². The highest BCUT2D eigenvalue weighted by Gasteiger charge is 2.14. The smallest absolute Gasteiger partial charge is 0.228 e. The van der Waals surface area contributed by atoms with Gasteiger partial charge in [-0.1, -0.05) is 5.16 Å². The van der Waals surface area contributed by atoms with Gasteiger partial charge in [0, 0.05) is 13.5 Å². The van der Waals surface area contributed by atoms with Crippen molar-refractivity contribution in [3.05, 3.63) is 11.7 Å². The van der Waals surface area contributed by atoms with Crippen molar-refractivity contribution in [3.8, 4) is 6.07 Å². The van der Waals surface area contributed by atoms with Gasteiger partial charge in [-0.15, -0.1) is 0 Å². The van der Waals surface area contributed by atoms with Crippen LogP contribution < -0.4 is 0 Å². The SMILES string of the molecule is COC(C)c1noc(CC(C)C#N)n1. The monoisotopic (exact) mass is 195 g/mol. The van der Waals surface area contributed by atoms with E-state index in [1.54, 1.807) is 7.11 Å². The fourth-order valence-corrected chi connectivity index (χ4v) is 0.929. The molecule has 0 aromatic carbocycles. The van der Waals surface area contributed by atoms with Crippen molar-refractivity contribution in [1.82, 2.24) is 10.1 Å². The lowest BCUT2D eigenvalue weighted by molar-refractivity contribution is 0.109. The second kappa shape index (κ2) is 4.72. The summed E-state index contributed by atoms with van der Waals surface area (Å²) in [6.45, 7) is 3.64. The zero-order chi connectivity index (χ0) is 10.6. The Hall–Kier alpha value is -1.41. The number of hydrogen-bond donors (Lipinski definition) is 0. The van der Waals surface area contributed by atoms with E-state index in [4.69, 9.17) is 14.5 Å². The number of aromatic nitrogens is 2. The number of nitriles is 1. The summed E-state index contributed by atoms with van der Waals surface area (Å²) in [6, 6.07) is 2.11. The molecule has 2 atom stereocenters. The summed E-state index contributed by atoms with van der Waals surface area (Å²) < 4.78 is 10.00. The van der Waals surface area contributed by atoms with Crippen LogP contribution in [0.1, 0.15) is 31.7 Å². The first kappa shape index (κ1) is 10.7. The Kier molecular flexibility index (Phi) is 3.60. The largest absolute Gasteiger partial charge is 0.374 e. The molecule has 76 valence electrons. The third kappa shape index (κ3) is 2.54. The molecule has 0 amide bonds. The molecule has 0 spiro atoms. The molecule has 1 rings (SSSR count). The molecule has 1 heterocycles. The van der Waals surface area contributed by atoms with Crippen LogP contribution in [0.3, 0.4) is 0 Å². The summed E-state index contributed by atoms with van der Waals surface area (Å²) >= 11 is 0. The molecule has 0 saturated heterocycles. The molecular weight excluding hydrogens is 182 g/mol. The van der Waals surface area contributed by atoms with Crippen molar-refractivity contribution in [3.63, 3.8) is 0 Å². The molecule has 0 saturated carbocycles. The van der Waals surface area contributed by atoms with Crippen molar-refractivity contribution in [1.29, 1.82) is 5.26 Å². The van der Waals surface area contributed by atoms with E-state index in [0.717, 1.165) is 0 Å². The van der Waals surface area contributed by atoms with Crippen LogP contribution in [0.25, 0.3) is 0 Å². The molecule has 14 heavy (non-hydrogen) atoms. The highest BCUT2D eigenvalue weighted by Crippen LogP contribution is 2.13. The van der Waals surface area contributed by atoms with Gasteiger partial charge in [-0.3, -0.25) is 0 Å². The topological polar surface area (TPSA) is 71.9 Å². The Labute approximate surface area is 82.7 Å². The third-order valence-corrected chi connectivity index (χ3v) is 1.90. The first-order valence-corrected chi connectivity index (χ1v) is 4.42. The summed E-state index contributed by atoms with van der Waals surface area (Å²) in [5.74, 6) is 0.895. The molecule has 1 aromatic rings.